The van der Waals surface area contributed by atoms with Crippen LogP contribution < -0.4 is 0 Å². The monoisotopic (exact) mass is 206 g/mol. The summed E-state index contributed by atoms with van der Waals surface area (Å²) in [7, 11) is 0. The van der Waals surface area contributed by atoms with Crippen LogP contribution in [0.1, 0.15) is 25.0 Å². The van der Waals surface area contributed by atoms with E-state index in [2.05, 4.69) is 24.4 Å². The molecule has 0 unspecified atom stereocenters. The Morgan fingerprint density at radius 3 is 2.64 bits per heavy atom. The molecule has 0 spiro atoms. The highest BCUT2D eigenvalue weighted by molar-refractivity contribution is 7.17. The van der Waals surface area contributed by atoms with Gasteiger partial charge in [-0.2, -0.15) is 0 Å². The predicted octanol–water partition coefficient (Wildman–Crippen LogP) is 3.44. The normalized spacial score (nSPS) is 12.3. The molecular formula is C12H14OS. The predicted molar refractivity (Wildman–Crippen MR) is 61.8 cm³/mol. The van der Waals surface area contributed by atoms with Crippen molar-refractivity contribution in [3.8, 4) is 0 Å². The molecule has 0 atom stereocenters. The molecule has 2 rings (SSSR count). The zero-order valence-corrected chi connectivity index (χ0v) is 9.48. The van der Waals surface area contributed by atoms with Gasteiger partial charge in [-0.15, -0.1) is 11.3 Å². The molecule has 1 aromatic heterocycles. The molecule has 1 nitrogen and oxygen atoms in total. The molecule has 0 radical (unpaired) electrons. The number of hydrogen-bond donors (Lipinski definition) is 1. The fourth-order valence-corrected chi connectivity index (χ4v) is 2.46. The van der Waals surface area contributed by atoms with Gasteiger partial charge in [0.05, 0.1) is 5.60 Å². The molecule has 0 aliphatic heterocycles. The summed E-state index contributed by atoms with van der Waals surface area (Å²) in [6, 6.07) is 6.17. The van der Waals surface area contributed by atoms with Crippen molar-refractivity contribution in [2.24, 2.45) is 0 Å². The van der Waals surface area contributed by atoms with E-state index in [1.165, 1.54) is 15.6 Å². The Balaban J connectivity index is 2.66. The van der Waals surface area contributed by atoms with Gasteiger partial charge in [0.2, 0.25) is 0 Å². The van der Waals surface area contributed by atoms with Gasteiger partial charge in [-0.3, -0.25) is 0 Å². The molecule has 74 valence electrons. The number of fused-ring (bicyclic) bond motifs is 1. The van der Waals surface area contributed by atoms with Gasteiger partial charge in [0.15, 0.2) is 0 Å². The van der Waals surface area contributed by atoms with Gasteiger partial charge in [-0.1, -0.05) is 6.07 Å². The topological polar surface area (TPSA) is 20.2 Å². The minimum atomic E-state index is -0.747. The van der Waals surface area contributed by atoms with Crippen LogP contribution >= 0.6 is 11.3 Å². The maximum absolute atomic E-state index is 9.88. The van der Waals surface area contributed by atoms with Gasteiger partial charge in [-0.25, -0.2) is 0 Å². The van der Waals surface area contributed by atoms with Crippen LogP contribution in [0.5, 0.6) is 0 Å². The van der Waals surface area contributed by atoms with Crippen molar-refractivity contribution in [3.05, 3.63) is 34.7 Å². The average molecular weight is 206 g/mol. The molecule has 0 amide bonds. The van der Waals surface area contributed by atoms with E-state index in [0.717, 1.165) is 5.56 Å². The van der Waals surface area contributed by atoms with Crippen molar-refractivity contribution < 1.29 is 5.11 Å². The van der Waals surface area contributed by atoms with E-state index < -0.39 is 5.60 Å². The van der Waals surface area contributed by atoms with Crippen LogP contribution in [-0.2, 0) is 5.60 Å². The van der Waals surface area contributed by atoms with Crippen LogP contribution in [0, 0.1) is 6.92 Å². The van der Waals surface area contributed by atoms with E-state index in [-0.39, 0.29) is 0 Å². The van der Waals surface area contributed by atoms with Gasteiger partial charge in [-0.05, 0) is 54.8 Å². The highest BCUT2D eigenvalue weighted by Gasteiger charge is 2.16. The van der Waals surface area contributed by atoms with Crippen molar-refractivity contribution >= 4 is 21.4 Å². The molecule has 0 aliphatic rings. The number of thiophene rings is 1. The summed E-state index contributed by atoms with van der Waals surface area (Å²) in [6.45, 7) is 5.73. The van der Waals surface area contributed by atoms with E-state index in [1.807, 2.05) is 19.9 Å². The molecule has 0 aliphatic carbocycles. The van der Waals surface area contributed by atoms with Gasteiger partial charge < -0.3 is 5.11 Å². The standard InChI is InChI=1S/C12H14OS/c1-8-7-14-11-5-4-9(6-10(8)11)12(2,3)13/h4-7,13H,1-3H3. The van der Waals surface area contributed by atoms with Crippen molar-refractivity contribution in [2.45, 2.75) is 26.4 Å². The molecule has 14 heavy (non-hydrogen) atoms. The maximum atomic E-state index is 9.88. The SMILES string of the molecule is Cc1csc2ccc(C(C)(C)O)cc12. The Morgan fingerprint density at radius 1 is 1.29 bits per heavy atom. The zero-order chi connectivity index (χ0) is 10.3. The van der Waals surface area contributed by atoms with Crippen LogP contribution in [0.2, 0.25) is 0 Å². The van der Waals surface area contributed by atoms with Gasteiger partial charge >= 0.3 is 0 Å². The first kappa shape index (κ1) is 9.69. The average Bonchev–Trinajstić information content (AvgIpc) is 2.46. The maximum Gasteiger partial charge on any atom is 0.0840 e. The second kappa shape index (κ2) is 3.07. The van der Waals surface area contributed by atoms with Crippen molar-refractivity contribution in [3.63, 3.8) is 0 Å². The highest BCUT2D eigenvalue weighted by Crippen LogP contribution is 2.29. The number of benzene rings is 1. The van der Waals surface area contributed by atoms with Crippen LogP contribution in [0.15, 0.2) is 23.6 Å². The molecule has 1 heterocycles. The molecule has 2 heteroatoms. The number of aliphatic hydroxyl groups is 1. The lowest BCUT2D eigenvalue weighted by atomic mass is 9.97. The van der Waals surface area contributed by atoms with E-state index in [1.54, 1.807) is 11.3 Å². The molecule has 0 saturated carbocycles. The summed E-state index contributed by atoms with van der Waals surface area (Å²) in [5.74, 6) is 0. The largest absolute Gasteiger partial charge is 0.386 e. The second-order valence-electron chi connectivity index (χ2n) is 4.19. The van der Waals surface area contributed by atoms with Gasteiger partial charge in [0.1, 0.15) is 0 Å². The lowest BCUT2D eigenvalue weighted by Gasteiger charge is -2.17. The van der Waals surface area contributed by atoms with Gasteiger partial charge in [0.25, 0.3) is 0 Å². The van der Waals surface area contributed by atoms with Gasteiger partial charge in [0, 0.05) is 4.70 Å². The first-order chi connectivity index (χ1) is 6.48. The summed E-state index contributed by atoms with van der Waals surface area (Å²) in [6.07, 6.45) is 0. The Kier molecular flexibility index (Phi) is 2.13. The third-order valence-electron chi connectivity index (χ3n) is 2.47. The van der Waals surface area contributed by atoms with E-state index >= 15 is 0 Å². The molecule has 2 aromatic rings. The van der Waals surface area contributed by atoms with Crippen LogP contribution in [0.4, 0.5) is 0 Å². The fourth-order valence-electron chi connectivity index (χ4n) is 1.54. The fraction of sp³-hybridized carbons (Fsp3) is 0.333. The molecular weight excluding hydrogens is 192 g/mol. The van der Waals surface area contributed by atoms with Crippen molar-refractivity contribution in [1.29, 1.82) is 0 Å². The molecule has 1 N–H and O–H groups in total. The molecule has 0 bridgehead atoms. The minimum Gasteiger partial charge on any atom is -0.386 e. The number of aryl methyl sites for hydroxylation is 1. The van der Waals surface area contributed by atoms with E-state index in [0.29, 0.717) is 0 Å². The van der Waals surface area contributed by atoms with E-state index in [4.69, 9.17) is 0 Å². The summed E-state index contributed by atoms with van der Waals surface area (Å²) in [5.41, 5.74) is 1.52. The molecule has 0 fully saturated rings. The Bertz CT molecular complexity index is 463. The number of hydrogen-bond acceptors (Lipinski definition) is 2. The Labute approximate surface area is 88.0 Å². The van der Waals surface area contributed by atoms with Crippen LogP contribution in [0.3, 0.4) is 0 Å². The quantitative estimate of drug-likeness (QED) is 0.757. The zero-order valence-electron chi connectivity index (χ0n) is 8.66. The second-order valence-corrected chi connectivity index (χ2v) is 5.10. The lowest BCUT2D eigenvalue weighted by Crippen LogP contribution is -2.14. The third-order valence-corrected chi connectivity index (χ3v) is 3.55. The first-order valence-electron chi connectivity index (χ1n) is 4.69. The van der Waals surface area contributed by atoms with Crippen LogP contribution in [0.25, 0.3) is 10.1 Å². The molecule has 1 aromatic carbocycles. The Morgan fingerprint density at radius 2 is 2.00 bits per heavy atom. The highest BCUT2D eigenvalue weighted by atomic mass is 32.1. The molecule has 0 saturated heterocycles. The third kappa shape index (κ3) is 1.56. The summed E-state index contributed by atoms with van der Waals surface area (Å²) >= 11 is 1.75. The Hall–Kier alpha value is -0.860. The number of rotatable bonds is 1. The van der Waals surface area contributed by atoms with E-state index in [9.17, 15) is 5.11 Å². The van der Waals surface area contributed by atoms with Crippen LogP contribution in [-0.4, -0.2) is 5.11 Å². The smallest absolute Gasteiger partial charge is 0.0840 e. The van der Waals surface area contributed by atoms with Crippen molar-refractivity contribution in [2.75, 3.05) is 0 Å². The summed E-state index contributed by atoms with van der Waals surface area (Å²) in [5, 5.41) is 13.3. The summed E-state index contributed by atoms with van der Waals surface area (Å²) < 4.78 is 1.29. The van der Waals surface area contributed by atoms with Crippen molar-refractivity contribution in [1.82, 2.24) is 0 Å². The first-order valence-corrected chi connectivity index (χ1v) is 5.57. The summed E-state index contributed by atoms with van der Waals surface area (Å²) in [4.78, 5) is 0. The lowest BCUT2D eigenvalue weighted by molar-refractivity contribution is 0.0787. The minimum absolute atomic E-state index is 0.747.